The van der Waals surface area contributed by atoms with Crippen molar-refractivity contribution in [3.8, 4) is 0 Å². The van der Waals surface area contributed by atoms with Gasteiger partial charge in [-0.05, 0) is 0 Å². The Morgan fingerprint density at radius 2 is 1.88 bits per heavy atom. The number of hydrogen-bond donors (Lipinski definition) is 1. The number of aromatic amines is 1. The Morgan fingerprint density at radius 3 is 2.29 bits per heavy atom. The van der Waals surface area contributed by atoms with E-state index in [0.29, 0.717) is 0 Å². The molecule has 0 saturated heterocycles. The van der Waals surface area contributed by atoms with Crippen molar-refractivity contribution in [2.45, 2.75) is 10.4 Å². The van der Waals surface area contributed by atoms with Crippen LogP contribution in [0.2, 0.25) is 0 Å². The fraction of sp³-hybridized carbons (Fsp3) is 0.167. The zero-order valence-corrected chi connectivity index (χ0v) is 8.50. The van der Waals surface area contributed by atoms with Gasteiger partial charge in [0.25, 0.3) is 9.84 Å². The topological polar surface area (TPSA) is 110 Å². The van der Waals surface area contributed by atoms with Crippen LogP contribution in [0, 0.1) is 10.1 Å². The summed E-state index contributed by atoms with van der Waals surface area (Å²) in [6, 6.07) is 0.0572. The number of rotatable bonds is 2. The van der Waals surface area contributed by atoms with Gasteiger partial charge in [-0.15, -0.1) is 0 Å². The van der Waals surface area contributed by atoms with E-state index in [1.807, 2.05) is 0 Å². The molecule has 0 aliphatic heterocycles. The fourth-order valence-electron chi connectivity index (χ4n) is 0.877. The average molecular weight is 272 g/mol. The Balaban J connectivity index is 3.52. The SMILES string of the molecule is O=c1[nH]cc(S(=O)(=O)C(F)(F)F)cc1[N+](=O)[O-]. The zero-order valence-electron chi connectivity index (χ0n) is 7.69. The molecule has 1 aromatic heterocycles. The lowest BCUT2D eigenvalue weighted by molar-refractivity contribution is -0.386. The van der Waals surface area contributed by atoms with Crippen LogP contribution in [0.3, 0.4) is 0 Å². The van der Waals surface area contributed by atoms with Crippen molar-refractivity contribution in [1.82, 2.24) is 4.98 Å². The van der Waals surface area contributed by atoms with Gasteiger partial charge >= 0.3 is 16.8 Å². The van der Waals surface area contributed by atoms with Crippen LogP contribution in [0.1, 0.15) is 0 Å². The first-order valence-corrected chi connectivity index (χ1v) is 5.24. The Kier molecular flexibility index (Phi) is 2.97. The van der Waals surface area contributed by atoms with Gasteiger partial charge < -0.3 is 4.98 Å². The van der Waals surface area contributed by atoms with E-state index >= 15 is 0 Å². The highest BCUT2D eigenvalue weighted by molar-refractivity contribution is 7.92. The van der Waals surface area contributed by atoms with Gasteiger partial charge in [-0.3, -0.25) is 14.9 Å². The minimum atomic E-state index is -5.72. The fourth-order valence-corrected chi connectivity index (χ4v) is 1.63. The molecule has 94 valence electrons. The third kappa shape index (κ3) is 2.27. The molecule has 17 heavy (non-hydrogen) atoms. The monoisotopic (exact) mass is 272 g/mol. The Labute approximate surface area is 91.0 Å². The maximum absolute atomic E-state index is 12.1. The second kappa shape index (κ2) is 3.84. The summed E-state index contributed by atoms with van der Waals surface area (Å²) in [7, 11) is -5.72. The van der Waals surface area contributed by atoms with Gasteiger partial charge in [-0.1, -0.05) is 0 Å². The molecule has 0 bridgehead atoms. The molecular weight excluding hydrogens is 269 g/mol. The van der Waals surface area contributed by atoms with Gasteiger partial charge in [0.15, 0.2) is 0 Å². The van der Waals surface area contributed by atoms with Crippen molar-refractivity contribution in [3.05, 3.63) is 32.7 Å². The summed E-state index contributed by atoms with van der Waals surface area (Å²) in [4.78, 5) is 20.0. The number of halogens is 3. The molecule has 7 nitrogen and oxygen atoms in total. The number of alkyl halides is 3. The van der Waals surface area contributed by atoms with Crippen molar-refractivity contribution in [3.63, 3.8) is 0 Å². The molecule has 0 amide bonds. The number of sulfone groups is 1. The Hall–Kier alpha value is -1.91. The number of pyridine rings is 1. The molecule has 1 aromatic rings. The van der Waals surface area contributed by atoms with Crippen LogP contribution in [0.4, 0.5) is 18.9 Å². The molecule has 0 aromatic carbocycles. The molecule has 0 aliphatic carbocycles. The van der Waals surface area contributed by atoms with E-state index < -0.39 is 36.4 Å². The number of nitro groups is 1. The first-order valence-electron chi connectivity index (χ1n) is 3.76. The summed E-state index contributed by atoms with van der Waals surface area (Å²) < 4.78 is 58.0. The van der Waals surface area contributed by atoms with Crippen LogP contribution in [0.15, 0.2) is 22.0 Å². The lowest BCUT2D eigenvalue weighted by Gasteiger charge is -2.06. The van der Waals surface area contributed by atoms with E-state index in [1.165, 1.54) is 0 Å². The van der Waals surface area contributed by atoms with Crippen molar-refractivity contribution < 1.29 is 26.5 Å². The van der Waals surface area contributed by atoms with Gasteiger partial charge in [0.1, 0.15) is 0 Å². The molecule has 0 aliphatic rings. The number of aromatic nitrogens is 1. The molecule has 0 fully saturated rings. The van der Waals surface area contributed by atoms with Crippen LogP contribution in [0.25, 0.3) is 0 Å². The summed E-state index contributed by atoms with van der Waals surface area (Å²) in [5.41, 5.74) is -8.18. The molecule has 0 saturated carbocycles. The summed E-state index contributed by atoms with van der Waals surface area (Å²) in [5.74, 6) is 0. The van der Waals surface area contributed by atoms with Crippen molar-refractivity contribution in [2.75, 3.05) is 0 Å². The highest BCUT2D eigenvalue weighted by atomic mass is 32.2. The molecule has 1 N–H and O–H groups in total. The quantitative estimate of drug-likeness (QED) is 0.625. The highest BCUT2D eigenvalue weighted by Gasteiger charge is 2.47. The predicted molar refractivity (Wildman–Crippen MR) is 47.0 cm³/mol. The summed E-state index contributed by atoms with van der Waals surface area (Å²) in [6.45, 7) is 0. The molecule has 1 heterocycles. The number of hydrogen-bond acceptors (Lipinski definition) is 5. The third-order valence-electron chi connectivity index (χ3n) is 1.67. The molecule has 0 radical (unpaired) electrons. The van der Waals surface area contributed by atoms with Crippen molar-refractivity contribution in [2.24, 2.45) is 0 Å². The maximum Gasteiger partial charge on any atom is 0.501 e. The highest BCUT2D eigenvalue weighted by Crippen LogP contribution is 2.30. The lowest BCUT2D eigenvalue weighted by Crippen LogP contribution is -2.24. The third-order valence-corrected chi connectivity index (χ3v) is 3.13. The van der Waals surface area contributed by atoms with Crippen LogP contribution in [0.5, 0.6) is 0 Å². The molecule has 11 heteroatoms. The largest absolute Gasteiger partial charge is 0.501 e. The molecule has 0 unspecified atom stereocenters. The van der Waals surface area contributed by atoms with Gasteiger partial charge in [0, 0.05) is 12.3 Å². The minimum Gasteiger partial charge on any atom is -0.322 e. The van der Waals surface area contributed by atoms with E-state index in [4.69, 9.17) is 0 Å². The molecule has 1 rings (SSSR count). The van der Waals surface area contributed by atoms with E-state index in [2.05, 4.69) is 0 Å². The maximum atomic E-state index is 12.1. The summed E-state index contributed by atoms with van der Waals surface area (Å²) in [5, 5.41) is 10.3. The first-order chi connectivity index (χ1) is 7.57. The standard InChI is InChI=1S/C6H3F3N2O5S/c7-6(8,9)17(15,16)3-1-4(11(13)14)5(12)10-2-3/h1-2H,(H,10,12). The molecular formula is C6H3F3N2O5S. The summed E-state index contributed by atoms with van der Waals surface area (Å²) >= 11 is 0. The Bertz CT molecular complexity index is 617. The van der Waals surface area contributed by atoms with E-state index in [9.17, 15) is 36.5 Å². The van der Waals surface area contributed by atoms with Crippen molar-refractivity contribution >= 4 is 15.5 Å². The number of nitrogens with one attached hydrogen (secondary N) is 1. The normalized spacial score (nSPS) is 12.4. The summed E-state index contributed by atoms with van der Waals surface area (Å²) in [6.07, 6.45) is 0.248. The van der Waals surface area contributed by atoms with Gasteiger partial charge in [-0.25, -0.2) is 8.42 Å². The molecule has 0 spiro atoms. The average Bonchev–Trinajstić information content (AvgIpc) is 2.15. The first kappa shape index (κ1) is 13.2. The second-order valence-corrected chi connectivity index (χ2v) is 4.70. The Morgan fingerprint density at radius 1 is 1.35 bits per heavy atom. The van der Waals surface area contributed by atoms with E-state index in [1.54, 1.807) is 4.98 Å². The molecule has 0 atom stereocenters. The van der Waals surface area contributed by atoms with Crippen LogP contribution in [-0.4, -0.2) is 23.8 Å². The predicted octanol–water partition coefficient (Wildman–Crippen LogP) is 0.577. The lowest BCUT2D eigenvalue weighted by atomic mass is 10.4. The smallest absolute Gasteiger partial charge is 0.322 e. The van der Waals surface area contributed by atoms with Crippen molar-refractivity contribution in [1.29, 1.82) is 0 Å². The van der Waals surface area contributed by atoms with E-state index in [0.717, 1.165) is 0 Å². The van der Waals surface area contributed by atoms with Gasteiger partial charge in [-0.2, -0.15) is 13.2 Å². The van der Waals surface area contributed by atoms with E-state index in [-0.39, 0.29) is 12.3 Å². The number of H-pyrrole nitrogens is 1. The van der Waals surface area contributed by atoms with Crippen LogP contribution >= 0.6 is 0 Å². The van der Waals surface area contributed by atoms with Gasteiger partial charge in [0.05, 0.1) is 9.82 Å². The van der Waals surface area contributed by atoms with Crippen LogP contribution in [-0.2, 0) is 9.84 Å². The van der Waals surface area contributed by atoms with Gasteiger partial charge in [0.2, 0.25) is 0 Å². The number of nitrogens with zero attached hydrogens (tertiary/aromatic N) is 1. The van der Waals surface area contributed by atoms with Crippen LogP contribution < -0.4 is 5.56 Å². The zero-order chi connectivity index (χ0) is 13.4. The minimum absolute atomic E-state index is 0.0572. The second-order valence-electron chi connectivity index (χ2n) is 2.76.